The number of benzene rings is 3. The van der Waals surface area contributed by atoms with Gasteiger partial charge in [-0.25, -0.2) is 0 Å². The van der Waals surface area contributed by atoms with Crippen LogP contribution >= 0.6 is 0 Å². The highest BCUT2D eigenvalue weighted by atomic mass is 16.5. The second-order valence-corrected chi connectivity index (χ2v) is 7.02. The third kappa shape index (κ3) is 4.13. The lowest BCUT2D eigenvalue weighted by Gasteiger charge is -2.19. The number of ether oxygens (including phenoxy) is 1. The molecular weight excluding hydrogens is 324 g/mol. The van der Waals surface area contributed by atoms with E-state index in [1.165, 1.54) is 0 Å². The Hall–Kier alpha value is -2.62. The zero-order valence-electron chi connectivity index (χ0n) is 15.4. The molecule has 0 bridgehead atoms. The molecular formula is C23H24O3. The molecule has 0 aromatic heterocycles. The molecule has 0 aliphatic rings. The van der Waals surface area contributed by atoms with Crippen LogP contribution < -0.4 is 4.74 Å². The van der Waals surface area contributed by atoms with E-state index in [2.05, 4.69) is 0 Å². The summed E-state index contributed by atoms with van der Waals surface area (Å²) in [5.41, 5.74) is 4.18. The topological polar surface area (TPSA) is 49.7 Å². The molecule has 0 radical (unpaired) electrons. The lowest BCUT2D eigenvalue weighted by Crippen LogP contribution is -2.15. The largest absolute Gasteiger partial charge is 0.457 e. The Morgan fingerprint density at radius 1 is 0.885 bits per heavy atom. The van der Waals surface area contributed by atoms with Crippen molar-refractivity contribution in [3.63, 3.8) is 0 Å². The molecule has 3 rings (SSSR count). The lowest BCUT2D eigenvalue weighted by atomic mass is 9.92. The minimum absolute atomic E-state index is 0.0235. The number of hydrogen-bond donors (Lipinski definition) is 2. The average Bonchev–Trinajstić information content (AvgIpc) is 2.62. The predicted molar refractivity (Wildman–Crippen MR) is 104 cm³/mol. The van der Waals surface area contributed by atoms with E-state index in [0.29, 0.717) is 0 Å². The molecule has 3 heteroatoms. The highest BCUT2D eigenvalue weighted by molar-refractivity contribution is 5.69. The summed E-state index contributed by atoms with van der Waals surface area (Å²) in [7, 11) is 0. The van der Waals surface area contributed by atoms with Crippen molar-refractivity contribution < 1.29 is 14.9 Å². The van der Waals surface area contributed by atoms with Gasteiger partial charge in [0.25, 0.3) is 0 Å². The van der Waals surface area contributed by atoms with Crippen molar-refractivity contribution in [3.05, 3.63) is 83.4 Å². The fourth-order valence-electron chi connectivity index (χ4n) is 2.89. The smallest absolute Gasteiger partial charge is 0.128 e. The van der Waals surface area contributed by atoms with Crippen molar-refractivity contribution in [1.29, 1.82) is 0 Å². The first kappa shape index (κ1) is 18.2. The van der Waals surface area contributed by atoms with Gasteiger partial charge in [-0.2, -0.15) is 0 Å². The SMILES string of the molecule is Cc1cc(C(C)(C)O)ccc1-c1cccc(Oc2ccc(CO)cc2)c1. The quantitative estimate of drug-likeness (QED) is 0.668. The van der Waals surface area contributed by atoms with Gasteiger partial charge in [0, 0.05) is 0 Å². The number of aryl methyl sites for hydroxylation is 1. The molecule has 0 saturated heterocycles. The molecule has 0 amide bonds. The summed E-state index contributed by atoms with van der Waals surface area (Å²) in [5, 5.41) is 19.3. The minimum atomic E-state index is -0.852. The van der Waals surface area contributed by atoms with Crippen LogP contribution in [0.3, 0.4) is 0 Å². The molecule has 0 unspecified atom stereocenters. The van der Waals surface area contributed by atoms with Crippen molar-refractivity contribution >= 4 is 0 Å². The highest BCUT2D eigenvalue weighted by Crippen LogP contribution is 2.31. The molecule has 3 aromatic rings. The van der Waals surface area contributed by atoms with Gasteiger partial charge in [0.05, 0.1) is 12.2 Å². The van der Waals surface area contributed by atoms with Crippen LogP contribution in [0.2, 0.25) is 0 Å². The second-order valence-electron chi connectivity index (χ2n) is 7.02. The van der Waals surface area contributed by atoms with Gasteiger partial charge in [0.15, 0.2) is 0 Å². The molecule has 0 fully saturated rings. The Balaban J connectivity index is 1.87. The minimum Gasteiger partial charge on any atom is -0.457 e. The lowest BCUT2D eigenvalue weighted by molar-refractivity contribution is 0.0785. The van der Waals surface area contributed by atoms with E-state index in [1.54, 1.807) is 13.8 Å². The molecule has 0 saturated carbocycles. The van der Waals surface area contributed by atoms with E-state index in [9.17, 15) is 5.11 Å². The molecule has 26 heavy (non-hydrogen) atoms. The van der Waals surface area contributed by atoms with E-state index in [1.807, 2.05) is 73.7 Å². The van der Waals surface area contributed by atoms with Crippen molar-refractivity contribution in [3.8, 4) is 22.6 Å². The summed E-state index contributed by atoms with van der Waals surface area (Å²) >= 11 is 0. The van der Waals surface area contributed by atoms with E-state index < -0.39 is 5.60 Å². The Kier molecular flexibility index (Phi) is 5.12. The molecule has 0 aliphatic carbocycles. The fourth-order valence-corrected chi connectivity index (χ4v) is 2.89. The molecule has 0 atom stereocenters. The van der Waals surface area contributed by atoms with E-state index in [4.69, 9.17) is 9.84 Å². The zero-order chi connectivity index (χ0) is 18.7. The number of hydrogen-bond acceptors (Lipinski definition) is 3. The maximum atomic E-state index is 10.2. The van der Waals surface area contributed by atoms with Crippen LogP contribution in [0.1, 0.15) is 30.5 Å². The van der Waals surface area contributed by atoms with Gasteiger partial charge in [-0.3, -0.25) is 0 Å². The van der Waals surface area contributed by atoms with E-state index >= 15 is 0 Å². The van der Waals surface area contributed by atoms with Crippen molar-refractivity contribution in [2.75, 3.05) is 0 Å². The second kappa shape index (κ2) is 7.32. The molecule has 3 aromatic carbocycles. The van der Waals surface area contributed by atoms with Crippen LogP contribution in [-0.4, -0.2) is 10.2 Å². The molecule has 2 N–H and O–H groups in total. The maximum Gasteiger partial charge on any atom is 0.128 e. The standard InChI is InChI=1S/C23H24O3/c1-16-13-19(23(2,3)25)9-12-22(16)18-5-4-6-21(14-18)26-20-10-7-17(15-24)8-11-20/h4-14,24-25H,15H2,1-3H3. The third-order valence-electron chi connectivity index (χ3n) is 4.42. The Labute approximate surface area is 154 Å². The number of aliphatic hydroxyl groups is 2. The van der Waals surface area contributed by atoms with Crippen LogP contribution in [0.4, 0.5) is 0 Å². The molecule has 134 valence electrons. The first-order valence-electron chi connectivity index (χ1n) is 8.68. The van der Waals surface area contributed by atoms with Gasteiger partial charge in [-0.1, -0.05) is 42.5 Å². The number of rotatable bonds is 5. The van der Waals surface area contributed by atoms with Gasteiger partial charge >= 0.3 is 0 Å². The van der Waals surface area contributed by atoms with Crippen molar-refractivity contribution in [2.24, 2.45) is 0 Å². The average molecular weight is 348 g/mol. The van der Waals surface area contributed by atoms with Crippen molar-refractivity contribution in [1.82, 2.24) is 0 Å². The van der Waals surface area contributed by atoms with Crippen molar-refractivity contribution in [2.45, 2.75) is 33.0 Å². The van der Waals surface area contributed by atoms with Gasteiger partial charge in [0.2, 0.25) is 0 Å². The Morgan fingerprint density at radius 2 is 1.62 bits per heavy atom. The highest BCUT2D eigenvalue weighted by Gasteiger charge is 2.17. The molecule has 0 spiro atoms. The molecule has 0 heterocycles. The van der Waals surface area contributed by atoms with Crippen LogP contribution in [0.15, 0.2) is 66.7 Å². The van der Waals surface area contributed by atoms with Gasteiger partial charge < -0.3 is 14.9 Å². The first-order chi connectivity index (χ1) is 12.4. The summed E-state index contributed by atoms with van der Waals surface area (Å²) in [6.07, 6.45) is 0. The van der Waals surface area contributed by atoms with Crippen LogP contribution in [0.5, 0.6) is 11.5 Å². The summed E-state index contributed by atoms with van der Waals surface area (Å²) in [4.78, 5) is 0. The predicted octanol–water partition coefficient (Wildman–Crippen LogP) is 5.17. The van der Waals surface area contributed by atoms with Crippen LogP contribution in [-0.2, 0) is 12.2 Å². The summed E-state index contributed by atoms with van der Waals surface area (Å²) in [6.45, 7) is 5.65. The first-order valence-corrected chi connectivity index (χ1v) is 8.68. The van der Waals surface area contributed by atoms with Crippen LogP contribution in [0, 0.1) is 6.92 Å². The van der Waals surface area contributed by atoms with E-state index in [-0.39, 0.29) is 6.61 Å². The molecule has 0 aliphatic heterocycles. The summed E-state index contributed by atoms with van der Waals surface area (Å²) in [6, 6.07) is 21.4. The third-order valence-corrected chi connectivity index (χ3v) is 4.42. The summed E-state index contributed by atoms with van der Waals surface area (Å²) in [5.74, 6) is 1.48. The Bertz CT molecular complexity index is 890. The number of aliphatic hydroxyl groups excluding tert-OH is 1. The van der Waals surface area contributed by atoms with Gasteiger partial charge in [-0.05, 0) is 72.9 Å². The monoisotopic (exact) mass is 348 g/mol. The fraction of sp³-hybridized carbons (Fsp3) is 0.217. The molecule has 3 nitrogen and oxygen atoms in total. The van der Waals surface area contributed by atoms with Crippen LogP contribution in [0.25, 0.3) is 11.1 Å². The zero-order valence-corrected chi connectivity index (χ0v) is 15.4. The van der Waals surface area contributed by atoms with Gasteiger partial charge in [-0.15, -0.1) is 0 Å². The van der Waals surface area contributed by atoms with Gasteiger partial charge in [0.1, 0.15) is 11.5 Å². The summed E-state index contributed by atoms with van der Waals surface area (Å²) < 4.78 is 5.94. The van der Waals surface area contributed by atoms with E-state index in [0.717, 1.165) is 39.3 Å². The normalized spacial score (nSPS) is 11.4. The maximum absolute atomic E-state index is 10.2. The Morgan fingerprint density at radius 3 is 2.23 bits per heavy atom.